The Kier molecular flexibility index (Phi) is 7.25. The van der Waals surface area contributed by atoms with Crippen molar-refractivity contribution < 1.29 is 14.3 Å². The minimum absolute atomic E-state index is 0.0203. The lowest BCUT2D eigenvalue weighted by molar-refractivity contribution is 0.0702. The zero-order valence-corrected chi connectivity index (χ0v) is 20.4. The maximum atomic E-state index is 13.5. The smallest absolute Gasteiger partial charge is 0.254 e. The molecule has 1 amide bonds. The average molecular weight is 476 g/mol. The zero-order valence-electron chi connectivity index (χ0n) is 20.4. The van der Waals surface area contributed by atoms with Crippen LogP contribution in [0.15, 0.2) is 42.7 Å². The molecule has 184 valence electrons. The van der Waals surface area contributed by atoms with Gasteiger partial charge in [-0.2, -0.15) is 0 Å². The van der Waals surface area contributed by atoms with Gasteiger partial charge in [-0.25, -0.2) is 0 Å². The molecule has 8 heteroatoms. The van der Waals surface area contributed by atoms with Gasteiger partial charge >= 0.3 is 0 Å². The molecule has 4 heterocycles. The van der Waals surface area contributed by atoms with Gasteiger partial charge in [-0.3, -0.25) is 9.78 Å². The van der Waals surface area contributed by atoms with Crippen molar-refractivity contribution in [3.63, 3.8) is 0 Å². The van der Waals surface area contributed by atoms with Gasteiger partial charge in [-0.1, -0.05) is 6.42 Å². The second kappa shape index (κ2) is 10.9. The number of hydrogen-bond acceptors (Lipinski definition) is 6. The molecule has 1 unspecified atom stereocenters. The monoisotopic (exact) mass is 475 g/mol. The summed E-state index contributed by atoms with van der Waals surface area (Å²) in [6, 6.07) is 9.30. The molecule has 2 aliphatic rings. The van der Waals surface area contributed by atoms with Gasteiger partial charge in [0.15, 0.2) is 11.5 Å². The van der Waals surface area contributed by atoms with Crippen molar-refractivity contribution in [2.24, 2.45) is 0 Å². The standard InChI is InChI=1S/C27H33N5O3/c1-2-34-24-17-21(9-10-23(24)35-19-20-11-13-28-14-12-20)27(33)31-15-6-7-22(18-31)26-30-29-25-8-4-3-5-16-32(25)26/h9-14,17,22H,2-8,15-16,18-19H2,1H3. The number of carbonyl (C=O) groups excluding carboxylic acids is 1. The highest BCUT2D eigenvalue weighted by Crippen LogP contribution is 2.32. The number of nitrogens with zero attached hydrogens (tertiary/aromatic N) is 5. The molecule has 35 heavy (non-hydrogen) atoms. The molecule has 0 aliphatic carbocycles. The number of fused-ring (bicyclic) bond motifs is 1. The van der Waals surface area contributed by atoms with E-state index in [9.17, 15) is 4.79 Å². The van der Waals surface area contributed by atoms with Gasteiger partial charge in [0.1, 0.15) is 18.3 Å². The summed E-state index contributed by atoms with van der Waals surface area (Å²) < 4.78 is 14.1. The van der Waals surface area contributed by atoms with Crippen molar-refractivity contribution >= 4 is 5.91 Å². The summed E-state index contributed by atoms with van der Waals surface area (Å²) >= 11 is 0. The molecule has 2 aliphatic heterocycles. The summed E-state index contributed by atoms with van der Waals surface area (Å²) in [6.07, 6.45) is 10.1. The van der Waals surface area contributed by atoms with E-state index in [-0.39, 0.29) is 11.8 Å². The molecule has 5 rings (SSSR count). The predicted molar refractivity (Wildman–Crippen MR) is 132 cm³/mol. The summed E-state index contributed by atoms with van der Waals surface area (Å²) in [7, 11) is 0. The van der Waals surface area contributed by atoms with E-state index in [4.69, 9.17) is 9.47 Å². The first-order valence-electron chi connectivity index (χ1n) is 12.7. The van der Waals surface area contributed by atoms with Crippen molar-refractivity contribution in [3.05, 3.63) is 65.5 Å². The number of likely N-dealkylation sites (tertiary alicyclic amines) is 1. The molecule has 0 bridgehead atoms. The number of ether oxygens (including phenoxy) is 2. The van der Waals surface area contributed by atoms with Gasteiger partial charge in [-0.05, 0) is 68.5 Å². The SMILES string of the molecule is CCOc1cc(C(=O)N2CCCC(c3nnc4n3CCCCC4)C2)ccc1OCc1ccncc1. The number of piperidine rings is 1. The molecule has 1 saturated heterocycles. The number of carbonyl (C=O) groups is 1. The summed E-state index contributed by atoms with van der Waals surface area (Å²) in [4.78, 5) is 19.5. The summed E-state index contributed by atoms with van der Waals surface area (Å²) in [5, 5.41) is 9.04. The molecule has 3 aromatic rings. The minimum atomic E-state index is 0.0203. The maximum Gasteiger partial charge on any atom is 0.254 e. The van der Waals surface area contributed by atoms with Crippen LogP contribution in [0.4, 0.5) is 0 Å². The molecule has 2 aromatic heterocycles. The Morgan fingerprint density at radius 2 is 1.89 bits per heavy atom. The average Bonchev–Trinajstić information content (AvgIpc) is 3.16. The van der Waals surface area contributed by atoms with Gasteiger partial charge in [0.25, 0.3) is 5.91 Å². The molecule has 0 radical (unpaired) electrons. The van der Waals surface area contributed by atoms with Gasteiger partial charge in [0.2, 0.25) is 0 Å². The van der Waals surface area contributed by atoms with Crippen LogP contribution in [0.2, 0.25) is 0 Å². The van der Waals surface area contributed by atoms with E-state index < -0.39 is 0 Å². The lowest BCUT2D eigenvalue weighted by atomic mass is 9.96. The lowest BCUT2D eigenvalue weighted by Gasteiger charge is -2.32. The van der Waals surface area contributed by atoms with E-state index in [1.807, 2.05) is 36.1 Å². The van der Waals surface area contributed by atoms with Crippen LogP contribution in [0.3, 0.4) is 0 Å². The molecule has 1 fully saturated rings. The molecule has 0 saturated carbocycles. The van der Waals surface area contributed by atoms with E-state index in [0.29, 0.717) is 36.8 Å². The highest BCUT2D eigenvalue weighted by atomic mass is 16.5. The molecule has 1 aromatic carbocycles. The topological polar surface area (TPSA) is 82.4 Å². The maximum absolute atomic E-state index is 13.5. The Morgan fingerprint density at radius 3 is 2.74 bits per heavy atom. The molecule has 1 atom stereocenters. The lowest BCUT2D eigenvalue weighted by Crippen LogP contribution is -2.39. The van der Waals surface area contributed by atoms with E-state index in [1.165, 1.54) is 19.3 Å². The van der Waals surface area contributed by atoms with Crippen LogP contribution < -0.4 is 9.47 Å². The van der Waals surface area contributed by atoms with Crippen LogP contribution in [0.1, 0.15) is 72.5 Å². The largest absolute Gasteiger partial charge is 0.490 e. The van der Waals surface area contributed by atoms with Crippen molar-refractivity contribution in [2.75, 3.05) is 19.7 Å². The van der Waals surface area contributed by atoms with Crippen molar-refractivity contribution in [2.45, 2.75) is 64.5 Å². The molecular formula is C27H33N5O3. The third kappa shape index (κ3) is 5.31. The Bertz CT molecular complexity index is 1150. The Morgan fingerprint density at radius 1 is 1.00 bits per heavy atom. The van der Waals surface area contributed by atoms with Crippen LogP contribution in [-0.4, -0.2) is 50.3 Å². The summed E-state index contributed by atoms with van der Waals surface area (Å²) in [5.74, 6) is 3.61. The van der Waals surface area contributed by atoms with Crippen molar-refractivity contribution in [1.29, 1.82) is 0 Å². The molecule has 0 spiro atoms. The number of aromatic nitrogens is 4. The van der Waals surface area contributed by atoms with E-state index in [2.05, 4.69) is 19.7 Å². The van der Waals surface area contributed by atoms with E-state index in [1.54, 1.807) is 18.5 Å². The highest BCUT2D eigenvalue weighted by Gasteiger charge is 2.30. The first-order valence-corrected chi connectivity index (χ1v) is 12.7. The minimum Gasteiger partial charge on any atom is -0.490 e. The Balaban J connectivity index is 1.30. The fraction of sp³-hybridized carbons (Fsp3) is 0.481. The number of rotatable bonds is 7. The number of aryl methyl sites for hydroxylation is 1. The summed E-state index contributed by atoms with van der Waals surface area (Å²) in [5.41, 5.74) is 1.64. The van der Waals surface area contributed by atoms with Gasteiger partial charge in [-0.15, -0.1) is 10.2 Å². The fourth-order valence-electron chi connectivity index (χ4n) is 5.03. The zero-order chi connectivity index (χ0) is 24.0. The second-order valence-corrected chi connectivity index (χ2v) is 9.27. The molecule has 8 nitrogen and oxygen atoms in total. The van der Waals surface area contributed by atoms with E-state index in [0.717, 1.165) is 49.6 Å². The number of amides is 1. The normalized spacial score (nSPS) is 18.0. The number of hydrogen-bond donors (Lipinski definition) is 0. The summed E-state index contributed by atoms with van der Waals surface area (Å²) in [6.45, 7) is 5.24. The molecule has 0 N–H and O–H groups in total. The van der Waals surface area contributed by atoms with Crippen molar-refractivity contribution in [3.8, 4) is 11.5 Å². The number of pyridine rings is 1. The van der Waals surface area contributed by atoms with Crippen LogP contribution in [0.5, 0.6) is 11.5 Å². The fourth-order valence-corrected chi connectivity index (χ4v) is 5.03. The van der Waals surface area contributed by atoms with Crippen LogP contribution >= 0.6 is 0 Å². The van der Waals surface area contributed by atoms with Crippen LogP contribution in [-0.2, 0) is 19.6 Å². The van der Waals surface area contributed by atoms with Crippen LogP contribution in [0, 0.1) is 0 Å². The third-order valence-corrected chi connectivity index (χ3v) is 6.85. The second-order valence-electron chi connectivity index (χ2n) is 9.27. The van der Waals surface area contributed by atoms with Gasteiger partial charge in [0.05, 0.1) is 6.61 Å². The van der Waals surface area contributed by atoms with Gasteiger partial charge in [0, 0.05) is 49.9 Å². The number of benzene rings is 1. The van der Waals surface area contributed by atoms with E-state index >= 15 is 0 Å². The predicted octanol–water partition coefficient (Wildman–Crippen LogP) is 4.40. The molecular weight excluding hydrogens is 442 g/mol. The third-order valence-electron chi connectivity index (χ3n) is 6.85. The van der Waals surface area contributed by atoms with Crippen molar-refractivity contribution in [1.82, 2.24) is 24.6 Å². The first-order chi connectivity index (χ1) is 17.2. The van der Waals surface area contributed by atoms with Gasteiger partial charge < -0.3 is 18.9 Å². The first kappa shape index (κ1) is 23.3. The Hall–Kier alpha value is -3.42. The quantitative estimate of drug-likeness (QED) is 0.504. The Labute approximate surface area is 206 Å². The highest BCUT2D eigenvalue weighted by molar-refractivity contribution is 5.95. The van der Waals surface area contributed by atoms with Crippen LogP contribution in [0.25, 0.3) is 0 Å².